The van der Waals surface area contributed by atoms with E-state index < -0.39 is 0 Å². The van der Waals surface area contributed by atoms with E-state index in [0.29, 0.717) is 0 Å². The Balaban J connectivity index is 1.32. The predicted octanol–water partition coefficient (Wildman–Crippen LogP) is 11.5. The van der Waals surface area contributed by atoms with Crippen molar-refractivity contribution in [1.29, 1.82) is 0 Å². The molecule has 0 spiro atoms. The maximum Gasteiger partial charge on any atom is 0.137 e. The molecule has 0 radical (unpaired) electrons. The minimum Gasteiger partial charge on any atom is -0.361 e. The summed E-state index contributed by atoms with van der Waals surface area (Å²) in [6.07, 6.45) is 6.10. The van der Waals surface area contributed by atoms with Crippen molar-refractivity contribution in [2.75, 3.05) is 28.4 Å². The predicted molar refractivity (Wildman–Crippen MR) is 209 cm³/mol. The highest BCUT2D eigenvalue weighted by molar-refractivity contribution is 5.92. The van der Waals surface area contributed by atoms with Crippen LogP contribution in [0.1, 0.15) is 0 Å². The van der Waals surface area contributed by atoms with Gasteiger partial charge in [-0.25, -0.2) is 4.98 Å². The van der Waals surface area contributed by atoms with Crippen molar-refractivity contribution in [2.24, 2.45) is 0 Å². The molecule has 2 heterocycles. The quantitative estimate of drug-likeness (QED) is 0.155. The van der Waals surface area contributed by atoms with Gasteiger partial charge < -0.3 is 14.7 Å². The molecule has 0 fully saturated rings. The van der Waals surface area contributed by atoms with E-state index in [4.69, 9.17) is 4.98 Å². The fourth-order valence-corrected chi connectivity index (χ4v) is 6.65. The molecule has 6 aromatic carbocycles. The van der Waals surface area contributed by atoms with Gasteiger partial charge in [-0.2, -0.15) is 0 Å². The summed E-state index contributed by atoms with van der Waals surface area (Å²) in [7, 11) is 2.09. The average molecular weight is 648 g/mol. The van der Waals surface area contributed by atoms with Gasteiger partial charge in [-0.3, -0.25) is 4.90 Å². The number of aromatic nitrogens is 1. The van der Waals surface area contributed by atoms with Gasteiger partial charge in [0.15, 0.2) is 0 Å². The fraction of sp³-hybridized carbons (Fsp3) is 0.0444. The number of hydrogen-bond donors (Lipinski definition) is 0. The maximum atomic E-state index is 4.87. The fourth-order valence-electron chi connectivity index (χ4n) is 6.65. The Morgan fingerprint density at radius 1 is 0.480 bits per heavy atom. The maximum absolute atomic E-state index is 4.87. The smallest absolute Gasteiger partial charge is 0.137 e. The van der Waals surface area contributed by atoms with Crippen LogP contribution in [0.5, 0.6) is 0 Å². The highest BCUT2D eigenvalue weighted by atomic mass is 15.3. The number of rotatable bonds is 9. The van der Waals surface area contributed by atoms with Gasteiger partial charge in [0.25, 0.3) is 0 Å². The minimum atomic E-state index is 0.805. The molecule has 242 valence electrons. The van der Waals surface area contributed by atoms with E-state index >= 15 is 0 Å². The Morgan fingerprint density at radius 2 is 1.02 bits per heavy atom. The summed E-state index contributed by atoms with van der Waals surface area (Å²) >= 11 is 0. The lowest BCUT2D eigenvalue weighted by Crippen LogP contribution is -2.22. The van der Waals surface area contributed by atoms with Crippen LogP contribution < -0.4 is 14.7 Å². The monoisotopic (exact) mass is 647 g/mol. The second-order valence-electron chi connectivity index (χ2n) is 12.3. The molecular formula is C45H37N5. The summed E-state index contributed by atoms with van der Waals surface area (Å²) in [5.74, 6) is 0.844. The van der Waals surface area contributed by atoms with Crippen LogP contribution in [-0.4, -0.2) is 23.6 Å². The number of hydrogen-bond acceptors (Lipinski definition) is 5. The van der Waals surface area contributed by atoms with Crippen LogP contribution in [0.2, 0.25) is 0 Å². The van der Waals surface area contributed by atoms with Crippen LogP contribution in [0, 0.1) is 0 Å². The Morgan fingerprint density at radius 3 is 1.62 bits per heavy atom. The van der Waals surface area contributed by atoms with E-state index in [1.807, 2.05) is 18.3 Å². The number of para-hydroxylation sites is 2. The normalized spacial score (nSPS) is 12.3. The molecular weight excluding hydrogens is 611 g/mol. The molecule has 0 bridgehead atoms. The highest BCUT2D eigenvalue weighted by Crippen LogP contribution is 2.45. The first-order chi connectivity index (χ1) is 24.7. The molecule has 0 saturated carbocycles. The van der Waals surface area contributed by atoms with E-state index in [1.165, 1.54) is 0 Å². The van der Waals surface area contributed by atoms with Gasteiger partial charge in [0, 0.05) is 59.5 Å². The summed E-state index contributed by atoms with van der Waals surface area (Å²) in [5, 5.41) is 0. The molecule has 8 rings (SSSR count). The zero-order valence-corrected chi connectivity index (χ0v) is 27.9. The summed E-state index contributed by atoms with van der Waals surface area (Å²) in [6.45, 7) is 0.805. The first-order valence-corrected chi connectivity index (χ1v) is 16.9. The van der Waals surface area contributed by atoms with Crippen molar-refractivity contribution in [3.8, 4) is 22.3 Å². The SMILES string of the molecule is CN1C=CN(c2cccc(N(c3cccc(N(c4ccccn4)c4ccccc4-c4ccccc4)c3)c3ccccc3-c3ccccc3)c2)C1. The van der Waals surface area contributed by atoms with Gasteiger partial charge in [0.2, 0.25) is 0 Å². The molecule has 0 unspecified atom stereocenters. The lowest BCUT2D eigenvalue weighted by Gasteiger charge is -2.31. The van der Waals surface area contributed by atoms with Gasteiger partial charge in [0.1, 0.15) is 5.82 Å². The largest absolute Gasteiger partial charge is 0.361 e. The van der Waals surface area contributed by atoms with Gasteiger partial charge >= 0.3 is 0 Å². The summed E-state index contributed by atoms with van der Waals surface area (Å²) < 4.78 is 0. The summed E-state index contributed by atoms with van der Waals surface area (Å²) in [4.78, 5) is 13.9. The topological polar surface area (TPSA) is 25.9 Å². The third-order valence-electron chi connectivity index (χ3n) is 8.98. The molecule has 1 aliphatic rings. The summed E-state index contributed by atoms with van der Waals surface area (Å²) in [6, 6.07) is 62.0. The van der Waals surface area contributed by atoms with Crippen molar-refractivity contribution >= 4 is 39.9 Å². The minimum absolute atomic E-state index is 0.805. The number of anilines is 7. The van der Waals surface area contributed by atoms with Crippen LogP contribution in [-0.2, 0) is 0 Å². The van der Waals surface area contributed by atoms with E-state index in [1.54, 1.807) is 0 Å². The molecule has 1 aromatic heterocycles. The lowest BCUT2D eigenvalue weighted by atomic mass is 10.0. The Hall–Kier alpha value is -6.59. The standard InChI is InChI=1S/C45H37N5/c1-47-30-31-48(34-47)37-20-14-21-38(32-37)49(43-26-10-8-24-41(43)35-16-4-2-5-17-35)39-22-15-23-40(33-39)50(45-28-12-13-29-46-45)44-27-11-9-25-42(44)36-18-6-3-7-19-36/h2-33H,34H2,1H3. The van der Waals surface area contributed by atoms with E-state index in [0.717, 1.165) is 68.9 Å². The van der Waals surface area contributed by atoms with Crippen molar-refractivity contribution in [1.82, 2.24) is 9.88 Å². The summed E-state index contributed by atoms with van der Waals surface area (Å²) in [5.41, 5.74) is 11.0. The third-order valence-corrected chi connectivity index (χ3v) is 8.98. The van der Waals surface area contributed by atoms with Gasteiger partial charge in [0.05, 0.1) is 18.0 Å². The zero-order chi connectivity index (χ0) is 33.7. The molecule has 0 amide bonds. The lowest BCUT2D eigenvalue weighted by molar-refractivity contribution is 0.496. The van der Waals surface area contributed by atoms with Crippen LogP contribution in [0.25, 0.3) is 22.3 Å². The van der Waals surface area contributed by atoms with Gasteiger partial charge in [-0.1, -0.05) is 115 Å². The van der Waals surface area contributed by atoms with Gasteiger partial charge in [-0.05, 0) is 71.8 Å². The van der Waals surface area contributed by atoms with Crippen LogP contribution in [0.3, 0.4) is 0 Å². The van der Waals surface area contributed by atoms with E-state index in [-0.39, 0.29) is 0 Å². The number of nitrogens with zero attached hydrogens (tertiary/aromatic N) is 5. The Kier molecular flexibility index (Phi) is 8.52. The highest BCUT2D eigenvalue weighted by Gasteiger charge is 2.22. The first-order valence-electron chi connectivity index (χ1n) is 16.9. The molecule has 50 heavy (non-hydrogen) atoms. The van der Waals surface area contributed by atoms with Crippen molar-refractivity contribution in [3.05, 3.63) is 195 Å². The van der Waals surface area contributed by atoms with E-state index in [9.17, 15) is 0 Å². The first kappa shape index (κ1) is 30.7. The molecule has 0 saturated heterocycles. The second-order valence-corrected chi connectivity index (χ2v) is 12.3. The number of pyridine rings is 1. The van der Waals surface area contributed by atoms with Crippen molar-refractivity contribution < 1.29 is 0 Å². The van der Waals surface area contributed by atoms with Crippen LogP contribution in [0.15, 0.2) is 195 Å². The number of benzene rings is 6. The molecule has 0 aliphatic carbocycles. The van der Waals surface area contributed by atoms with Gasteiger partial charge in [-0.15, -0.1) is 0 Å². The van der Waals surface area contributed by atoms with Crippen LogP contribution >= 0.6 is 0 Å². The van der Waals surface area contributed by atoms with Crippen LogP contribution in [0.4, 0.5) is 39.9 Å². The van der Waals surface area contributed by atoms with Crippen molar-refractivity contribution in [2.45, 2.75) is 0 Å². The average Bonchev–Trinajstić information content (AvgIpc) is 3.63. The zero-order valence-electron chi connectivity index (χ0n) is 27.9. The Labute approximate surface area is 294 Å². The Bertz CT molecular complexity index is 2230. The van der Waals surface area contributed by atoms with Crippen molar-refractivity contribution in [3.63, 3.8) is 0 Å². The second kappa shape index (κ2) is 13.9. The molecule has 0 atom stereocenters. The third kappa shape index (κ3) is 6.20. The molecule has 7 aromatic rings. The van der Waals surface area contributed by atoms with E-state index in [2.05, 4.69) is 203 Å². The molecule has 1 aliphatic heterocycles. The molecule has 5 heteroatoms. The molecule has 5 nitrogen and oxygen atoms in total. The molecule has 0 N–H and O–H groups in total.